The largest absolute Gasteiger partial charge is 0.365 e. The van der Waals surface area contributed by atoms with E-state index in [1.54, 1.807) is 0 Å². The van der Waals surface area contributed by atoms with E-state index >= 15 is 0 Å². The highest BCUT2D eigenvalue weighted by Gasteiger charge is 2.37. The molecule has 0 saturated carbocycles. The standard InChI is InChI=1S/C24H22N2.C4H10S.2C2H6/c1-15-11-12-21-20(13-15)18-9-4-5-10-19(18)24-25-14-22(26(21)24)23-16(2)7-6-8-17(23)3;1-3-4(2)5;2*1-2/h4-14,24-25H,1-3H3;4-5H,3H2,1-2H3;2*1-2H3. The van der Waals surface area contributed by atoms with Crippen LogP contribution in [0.15, 0.2) is 66.9 Å². The molecule has 0 radical (unpaired) electrons. The molecule has 1 N–H and O–H groups in total. The van der Waals surface area contributed by atoms with Crippen LogP contribution in [0.1, 0.15) is 81.9 Å². The minimum absolute atomic E-state index is 0.149. The molecule has 2 heterocycles. The average Bonchev–Trinajstić information content (AvgIpc) is 3.32. The van der Waals surface area contributed by atoms with Gasteiger partial charge in [0, 0.05) is 22.9 Å². The monoisotopic (exact) mass is 488 g/mol. The summed E-state index contributed by atoms with van der Waals surface area (Å²) in [5.41, 5.74) is 11.8. The van der Waals surface area contributed by atoms with Gasteiger partial charge in [-0.3, -0.25) is 0 Å². The van der Waals surface area contributed by atoms with Crippen LogP contribution in [0, 0.1) is 20.8 Å². The summed E-state index contributed by atoms with van der Waals surface area (Å²) in [4.78, 5) is 2.46. The van der Waals surface area contributed by atoms with Crippen LogP contribution in [0.4, 0.5) is 5.69 Å². The van der Waals surface area contributed by atoms with E-state index in [0.717, 1.165) is 0 Å². The second-order valence-corrected chi connectivity index (χ2v) is 9.48. The Morgan fingerprint density at radius 3 is 2.06 bits per heavy atom. The number of nitrogens with zero attached hydrogens (tertiary/aromatic N) is 1. The average molecular weight is 489 g/mol. The Labute approximate surface area is 219 Å². The fourth-order valence-corrected chi connectivity index (χ4v) is 4.41. The van der Waals surface area contributed by atoms with Crippen LogP contribution in [0.25, 0.3) is 16.8 Å². The number of fused-ring (bicyclic) bond motifs is 6. The van der Waals surface area contributed by atoms with Crippen LogP contribution in [0.2, 0.25) is 0 Å². The first-order chi connectivity index (χ1) is 16.9. The number of rotatable bonds is 2. The van der Waals surface area contributed by atoms with Gasteiger partial charge in [-0.2, -0.15) is 12.6 Å². The molecule has 0 amide bonds. The molecule has 2 nitrogen and oxygen atoms in total. The molecule has 3 aromatic carbocycles. The third-order valence-electron chi connectivity index (χ3n) is 6.18. The van der Waals surface area contributed by atoms with E-state index in [9.17, 15) is 0 Å². The van der Waals surface area contributed by atoms with Crippen molar-refractivity contribution in [3.8, 4) is 11.1 Å². The molecule has 0 bridgehead atoms. The topological polar surface area (TPSA) is 15.3 Å². The maximum absolute atomic E-state index is 4.10. The summed E-state index contributed by atoms with van der Waals surface area (Å²) < 4.78 is 0. The fourth-order valence-electron chi connectivity index (χ4n) is 4.41. The zero-order valence-corrected chi connectivity index (χ0v) is 24.0. The number of hydrogen-bond donors (Lipinski definition) is 2. The van der Waals surface area contributed by atoms with Crippen molar-refractivity contribution in [3.63, 3.8) is 0 Å². The van der Waals surface area contributed by atoms with E-state index in [1.165, 1.54) is 56.7 Å². The summed E-state index contributed by atoms with van der Waals surface area (Å²) in [6.45, 7) is 18.8. The van der Waals surface area contributed by atoms with Crippen molar-refractivity contribution < 1.29 is 0 Å². The van der Waals surface area contributed by atoms with Crippen molar-refractivity contribution in [1.29, 1.82) is 0 Å². The molecule has 2 aliphatic rings. The summed E-state index contributed by atoms with van der Waals surface area (Å²) in [5, 5.41) is 4.22. The van der Waals surface area contributed by atoms with Crippen molar-refractivity contribution >= 4 is 24.0 Å². The first-order valence-electron chi connectivity index (χ1n) is 13.1. The molecular formula is C32H44N2S. The van der Waals surface area contributed by atoms with Gasteiger partial charge in [0.1, 0.15) is 6.17 Å². The van der Waals surface area contributed by atoms with E-state index in [1.807, 2.05) is 27.7 Å². The van der Waals surface area contributed by atoms with E-state index in [4.69, 9.17) is 0 Å². The maximum atomic E-state index is 4.10. The van der Waals surface area contributed by atoms with Crippen molar-refractivity contribution in [2.45, 2.75) is 80.2 Å². The molecule has 5 rings (SSSR count). The van der Waals surface area contributed by atoms with Gasteiger partial charge in [0.2, 0.25) is 0 Å². The Hall–Kier alpha value is -2.65. The summed E-state index contributed by atoms with van der Waals surface area (Å²) in [5.74, 6) is 0. The van der Waals surface area contributed by atoms with Gasteiger partial charge in [-0.15, -0.1) is 0 Å². The van der Waals surface area contributed by atoms with Crippen LogP contribution in [0.5, 0.6) is 0 Å². The van der Waals surface area contributed by atoms with Crippen molar-refractivity contribution in [2.75, 3.05) is 4.90 Å². The molecule has 2 aliphatic heterocycles. The van der Waals surface area contributed by atoms with Gasteiger partial charge < -0.3 is 10.2 Å². The summed E-state index contributed by atoms with van der Waals surface area (Å²) in [6, 6.07) is 22.1. The highest BCUT2D eigenvalue weighted by Crippen LogP contribution is 2.49. The summed E-state index contributed by atoms with van der Waals surface area (Å²) in [6.07, 6.45) is 3.50. The molecule has 3 heteroatoms. The van der Waals surface area contributed by atoms with E-state index in [2.05, 4.69) is 124 Å². The molecule has 2 atom stereocenters. The molecule has 35 heavy (non-hydrogen) atoms. The predicted octanol–water partition coefficient (Wildman–Crippen LogP) is 9.47. The van der Waals surface area contributed by atoms with Gasteiger partial charge in [-0.1, -0.05) is 95.6 Å². The van der Waals surface area contributed by atoms with Gasteiger partial charge in [0.05, 0.1) is 11.4 Å². The zero-order valence-electron chi connectivity index (χ0n) is 23.1. The second-order valence-electron chi connectivity index (χ2n) is 8.60. The van der Waals surface area contributed by atoms with Gasteiger partial charge in [0.15, 0.2) is 0 Å². The Kier molecular flexibility index (Phi) is 11.0. The lowest BCUT2D eigenvalue weighted by Gasteiger charge is -2.37. The normalized spacial score (nSPS) is 15.2. The van der Waals surface area contributed by atoms with Gasteiger partial charge in [-0.25, -0.2) is 0 Å². The van der Waals surface area contributed by atoms with Crippen LogP contribution in [0.3, 0.4) is 0 Å². The van der Waals surface area contributed by atoms with E-state index in [0.29, 0.717) is 5.25 Å². The first-order valence-corrected chi connectivity index (χ1v) is 13.6. The molecule has 0 spiro atoms. The van der Waals surface area contributed by atoms with Gasteiger partial charge >= 0.3 is 0 Å². The Bertz CT molecular complexity index is 1110. The van der Waals surface area contributed by atoms with Gasteiger partial charge in [0.25, 0.3) is 0 Å². The SMILES string of the molecule is CC.CC.CCC(C)S.Cc1ccc2c(c1)-c1ccccc1C1NC=C(c3c(C)cccc3C)N21. The number of hydrogen-bond acceptors (Lipinski definition) is 3. The molecule has 0 aromatic heterocycles. The predicted molar refractivity (Wildman–Crippen MR) is 160 cm³/mol. The Balaban J connectivity index is 0.000000423. The number of anilines is 1. The molecule has 188 valence electrons. The number of aryl methyl sites for hydroxylation is 3. The van der Waals surface area contributed by atoms with Crippen molar-refractivity contribution in [1.82, 2.24) is 5.32 Å². The van der Waals surface area contributed by atoms with Crippen LogP contribution in [-0.2, 0) is 0 Å². The number of thiol groups is 1. The Morgan fingerprint density at radius 2 is 1.46 bits per heavy atom. The van der Waals surface area contributed by atoms with Crippen LogP contribution >= 0.6 is 12.6 Å². The fraction of sp³-hybridized carbons (Fsp3) is 0.375. The molecule has 0 aliphatic carbocycles. The Morgan fingerprint density at radius 1 is 0.857 bits per heavy atom. The molecule has 2 unspecified atom stereocenters. The van der Waals surface area contributed by atoms with Crippen LogP contribution in [-0.4, -0.2) is 5.25 Å². The first kappa shape index (κ1) is 28.6. The molecule has 0 fully saturated rings. The minimum atomic E-state index is 0.149. The van der Waals surface area contributed by atoms with Crippen molar-refractivity contribution in [3.05, 3.63) is 94.7 Å². The third-order valence-corrected chi connectivity index (χ3v) is 6.55. The van der Waals surface area contributed by atoms with E-state index in [-0.39, 0.29) is 6.17 Å². The lowest BCUT2D eigenvalue weighted by Crippen LogP contribution is -2.32. The summed E-state index contributed by atoms with van der Waals surface area (Å²) >= 11 is 4.10. The highest BCUT2D eigenvalue weighted by molar-refractivity contribution is 7.80. The number of benzene rings is 3. The summed E-state index contributed by atoms with van der Waals surface area (Å²) in [7, 11) is 0. The third kappa shape index (κ3) is 6.13. The second kappa shape index (κ2) is 13.4. The number of nitrogens with one attached hydrogen (secondary N) is 1. The smallest absolute Gasteiger partial charge is 0.130 e. The van der Waals surface area contributed by atoms with E-state index < -0.39 is 0 Å². The van der Waals surface area contributed by atoms with Gasteiger partial charge in [-0.05, 0) is 61.3 Å². The lowest BCUT2D eigenvalue weighted by molar-refractivity contribution is 0.666. The van der Waals surface area contributed by atoms with Crippen LogP contribution < -0.4 is 10.2 Å². The zero-order chi connectivity index (χ0) is 26.1. The minimum Gasteiger partial charge on any atom is -0.365 e. The quantitative estimate of drug-likeness (QED) is 0.349. The molecule has 0 saturated heterocycles. The maximum Gasteiger partial charge on any atom is 0.130 e. The molecule has 3 aromatic rings. The lowest BCUT2D eigenvalue weighted by atomic mass is 9.89. The highest BCUT2D eigenvalue weighted by atomic mass is 32.1. The van der Waals surface area contributed by atoms with Crippen molar-refractivity contribution in [2.24, 2.45) is 0 Å². The molecular weight excluding hydrogens is 444 g/mol.